The van der Waals surface area contributed by atoms with E-state index in [1.807, 2.05) is 13.8 Å². The van der Waals surface area contributed by atoms with Gasteiger partial charge in [0, 0.05) is 17.6 Å². The minimum atomic E-state index is -0.848. The van der Waals surface area contributed by atoms with Crippen molar-refractivity contribution in [3.63, 3.8) is 0 Å². The quantitative estimate of drug-likeness (QED) is 0.779. The Hall–Kier alpha value is -1.43. The molecule has 4 nitrogen and oxygen atoms in total. The molecule has 1 rings (SSSR count). The summed E-state index contributed by atoms with van der Waals surface area (Å²) in [7, 11) is 0. The first kappa shape index (κ1) is 15.6. The second kappa shape index (κ2) is 7.23. The second-order valence-corrected chi connectivity index (χ2v) is 4.68. The van der Waals surface area contributed by atoms with E-state index in [1.54, 1.807) is 0 Å². The summed E-state index contributed by atoms with van der Waals surface area (Å²) in [4.78, 5) is 24.8. The highest BCUT2D eigenvalue weighted by molar-refractivity contribution is 9.10. The van der Waals surface area contributed by atoms with Crippen LogP contribution in [-0.4, -0.2) is 36.5 Å². The Labute approximate surface area is 119 Å². The highest BCUT2D eigenvalue weighted by Crippen LogP contribution is 2.16. The number of halogens is 2. The zero-order valence-corrected chi connectivity index (χ0v) is 12.4. The number of amides is 1. The molecule has 0 unspecified atom stereocenters. The summed E-state index contributed by atoms with van der Waals surface area (Å²) in [6, 6.07) is 3.96. The van der Waals surface area contributed by atoms with Crippen LogP contribution in [0.1, 0.15) is 24.2 Å². The van der Waals surface area contributed by atoms with Crippen molar-refractivity contribution >= 4 is 27.8 Å². The van der Waals surface area contributed by atoms with Gasteiger partial charge >= 0.3 is 5.97 Å². The van der Waals surface area contributed by atoms with Crippen LogP contribution in [0.3, 0.4) is 0 Å². The molecule has 0 saturated heterocycles. The summed E-state index contributed by atoms with van der Waals surface area (Å²) in [6.45, 7) is 4.36. The third-order valence-electron chi connectivity index (χ3n) is 2.59. The van der Waals surface area contributed by atoms with Crippen molar-refractivity contribution in [2.24, 2.45) is 0 Å². The monoisotopic (exact) mass is 331 g/mol. The van der Waals surface area contributed by atoms with Crippen LogP contribution in [0.25, 0.3) is 0 Å². The predicted octanol–water partition coefficient (Wildman–Crippen LogP) is 2.61. The van der Waals surface area contributed by atoms with E-state index in [-0.39, 0.29) is 18.1 Å². The molecule has 0 saturated carbocycles. The van der Waals surface area contributed by atoms with E-state index in [2.05, 4.69) is 15.9 Å². The van der Waals surface area contributed by atoms with Crippen LogP contribution in [-0.2, 0) is 9.53 Å². The van der Waals surface area contributed by atoms with Gasteiger partial charge in [0.25, 0.3) is 5.91 Å². The van der Waals surface area contributed by atoms with E-state index in [0.29, 0.717) is 17.6 Å². The number of benzene rings is 1. The number of esters is 1. The molecular formula is C13H15BrFNO3. The Kier molecular flexibility index (Phi) is 5.95. The minimum Gasteiger partial charge on any atom is -0.452 e. The normalized spacial score (nSPS) is 10.1. The first-order valence-corrected chi connectivity index (χ1v) is 6.68. The van der Waals surface area contributed by atoms with Crippen molar-refractivity contribution in [3.05, 3.63) is 34.1 Å². The van der Waals surface area contributed by atoms with E-state index >= 15 is 0 Å². The fourth-order valence-corrected chi connectivity index (χ4v) is 1.89. The lowest BCUT2D eigenvalue weighted by Crippen LogP contribution is -2.34. The topological polar surface area (TPSA) is 46.6 Å². The first-order chi connectivity index (χ1) is 8.99. The lowest BCUT2D eigenvalue weighted by Gasteiger charge is -2.18. The Morgan fingerprint density at radius 3 is 2.53 bits per heavy atom. The minimum absolute atomic E-state index is 0.193. The Bertz CT molecular complexity index is 475. The standard InChI is InChI=1S/C13H15BrFNO3/c1-3-16(4-2)12(17)8-19-13(18)10-7-9(14)5-6-11(10)15/h5-7H,3-4,8H2,1-2H3. The van der Waals surface area contributed by atoms with E-state index in [9.17, 15) is 14.0 Å². The molecule has 1 aromatic carbocycles. The molecule has 0 aliphatic heterocycles. The molecular weight excluding hydrogens is 317 g/mol. The van der Waals surface area contributed by atoms with Gasteiger partial charge in [-0.2, -0.15) is 0 Å². The number of likely N-dealkylation sites (N-methyl/N-ethyl adjacent to an activating group) is 1. The number of carbonyl (C=O) groups excluding carboxylic acids is 2. The van der Waals surface area contributed by atoms with Crippen LogP contribution < -0.4 is 0 Å². The van der Waals surface area contributed by atoms with Gasteiger partial charge in [-0.05, 0) is 32.0 Å². The summed E-state index contributed by atoms with van der Waals surface area (Å²) in [5.74, 6) is -1.82. The van der Waals surface area contributed by atoms with Gasteiger partial charge in [0.2, 0.25) is 0 Å². The SMILES string of the molecule is CCN(CC)C(=O)COC(=O)c1cc(Br)ccc1F. The van der Waals surface area contributed by atoms with Gasteiger partial charge in [0.1, 0.15) is 5.82 Å². The van der Waals surface area contributed by atoms with Gasteiger partial charge in [-0.25, -0.2) is 9.18 Å². The van der Waals surface area contributed by atoms with Crippen molar-refractivity contribution < 1.29 is 18.7 Å². The van der Waals surface area contributed by atoms with Crippen LogP contribution in [0.5, 0.6) is 0 Å². The maximum absolute atomic E-state index is 13.4. The van der Waals surface area contributed by atoms with Gasteiger partial charge in [-0.1, -0.05) is 15.9 Å². The highest BCUT2D eigenvalue weighted by Gasteiger charge is 2.17. The number of ether oxygens (including phenoxy) is 1. The Balaban J connectivity index is 2.65. The third kappa shape index (κ3) is 4.31. The maximum atomic E-state index is 13.4. The van der Waals surface area contributed by atoms with Crippen LogP contribution in [0.4, 0.5) is 4.39 Å². The summed E-state index contributed by atoms with van der Waals surface area (Å²) >= 11 is 3.14. The Morgan fingerprint density at radius 1 is 1.32 bits per heavy atom. The summed E-state index contributed by atoms with van der Waals surface area (Å²) in [5, 5.41) is 0. The molecule has 0 N–H and O–H groups in total. The number of carbonyl (C=O) groups is 2. The first-order valence-electron chi connectivity index (χ1n) is 5.89. The fourth-order valence-electron chi connectivity index (χ4n) is 1.53. The van der Waals surface area contributed by atoms with Gasteiger partial charge < -0.3 is 9.64 Å². The number of nitrogens with zero attached hydrogens (tertiary/aromatic N) is 1. The molecule has 0 atom stereocenters. The zero-order chi connectivity index (χ0) is 14.4. The average molecular weight is 332 g/mol. The molecule has 0 heterocycles. The molecule has 0 bridgehead atoms. The fraction of sp³-hybridized carbons (Fsp3) is 0.385. The van der Waals surface area contributed by atoms with Gasteiger partial charge in [-0.3, -0.25) is 4.79 Å². The van der Waals surface area contributed by atoms with E-state index < -0.39 is 11.8 Å². The largest absolute Gasteiger partial charge is 0.452 e. The van der Waals surface area contributed by atoms with Crippen LogP contribution in [0, 0.1) is 5.82 Å². The maximum Gasteiger partial charge on any atom is 0.341 e. The molecule has 0 aliphatic carbocycles. The summed E-state index contributed by atoms with van der Waals surface area (Å²) < 4.78 is 18.8. The zero-order valence-electron chi connectivity index (χ0n) is 10.8. The molecule has 0 spiro atoms. The lowest BCUT2D eigenvalue weighted by atomic mass is 10.2. The van der Waals surface area contributed by atoms with Gasteiger partial charge in [0.15, 0.2) is 6.61 Å². The van der Waals surface area contributed by atoms with Crippen LogP contribution in [0.2, 0.25) is 0 Å². The van der Waals surface area contributed by atoms with Crippen LogP contribution in [0.15, 0.2) is 22.7 Å². The van der Waals surface area contributed by atoms with E-state index in [0.717, 1.165) is 6.07 Å². The Morgan fingerprint density at radius 2 is 1.95 bits per heavy atom. The molecule has 0 aliphatic rings. The molecule has 0 radical (unpaired) electrons. The van der Waals surface area contributed by atoms with Crippen molar-refractivity contribution in [2.45, 2.75) is 13.8 Å². The van der Waals surface area contributed by atoms with Crippen molar-refractivity contribution in [2.75, 3.05) is 19.7 Å². The van der Waals surface area contributed by atoms with Crippen LogP contribution >= 0.6 is 15.9 Å². The molecule has 104 valence electrons. The van der Waals surface area contributed by atoms with Crippen molar-refractivity contribution in [3.8, 4) is 0 Å². The third-order valence-corrected chi connectivity index (χ3v) is 3.08. The number of hydrogen-bond acceptors (Lipinski definition) is 3. The lowest BCUT2D eigenvalue weighted by molar-refractivity contribution is -0.134. The molecule has 6 heteroatoms. The van der Waals surface area contributed by atoms with E-state index in [1.165, 1.54) is 17.0 Å². The number of rotatable bonds is 5. The molecule has 0 fully saturated rings. The summed E-state index contributed by atoms with van der Waals surface area (Å²) in [6.07, 6.45) is 0. The molecule has 0 aromatic heterocycles. The highest BCUT2D eigenvalue weighted by atomic mass is 79.9. The molecule has 1 amide bonds. The average Bonchev–Trinajstić information content (AvgIpc) is 2.40. The second-order valence-electron chi connectivity index (χ2n) is 3.77. The predicted molar refractivity (Wildman–Crippen MR) is 72.3 cm³/mol. The molecule has 1 aromatic rings. The molecule has 19 heavy (non-hydrogen) atoms. The smallest absolute Gasteiger partial charge is 0.341 e. The van der Waals surface area contributed by atoms with E-state index in [4.69, 9.17) is 4.74 Å². The number of hydrogen-bond donors (Lipinski definition) is 0. The van der Waals surface area contributed by atoms with Crippen molar-refractivity contribution in [1.29, 1.82) is 0 Å². The summed E-state index contributed by atoms with van der Waals surface area (Å²) in [5.41, 5.74) is -0.193. The van der Waals surface area contributed by atoms with Gasteiger partial charge in [0.05, 0.1) is 5.56 Å². The van der Waals surface area contributed by atoms with Gasteiger partial charge in [-0.15, -0.1) is 0 Å². The van der Waals surface area contributed by atoms with Crippen molar-refractivity contribution in [1.82, 2.24) is 4.90 Å².